The van der Waals surface area contributed by atoms with E-state index >= 15 is 0 Å². The fraction of sp³-hybridized carbons (Fsp3) is 0.259. The van der Waals surface area contributed by atoms with Crippen molar-refractivity contribution >= 4 is 50.7 Å². The SMILES string of the molecule is CCc1ccccc1N(CC(=O)N(Cc1c(Cl)cccc1Cl)C(C)C(=O)NC)S(=O)(=O)c1ccccc1. The zero-order valence-electron chi connectivity index (χ0n) is 20.8. The first-order chi connectivity index (χ1) is 17.6. The molecule has 7 nitrogen and oxygen atoms in total. The van der Waals surface area contributed by atoms with Gasteiger partial charge in [-0.15, -0.1) is 0 Å². The molecule has 3 aromatic rings. The molecular weight excluding hydrogens is 533 g/mol. The first kappa shape index (κ1) is 28.5. The predicted molar refractivity (Wildman–Crippen MR) is 147 cm³/mol. The summed E-state index contributed by atoms with van der Waals surface area (Å²) in [4.78, 5) is 27.8. The van der Waals surface area contributed by atoms with Crippen molar-refractivity contribution in [3.8, 4) is 0 Å². The third kappa shape index (κ3) is 6.44. The van der Waals surface area contributed by atoms with Gasteiger partial charge in [-0.1, -0.05) is 72.6 Å². The molecule has 0 saturated heterocycles. The number of aryl methyl sites for hydroxylation is 1. The van der Waals surface area contributed by atoms with Crippen LogP contribution in [0.2, 0.25) is 10.0 Å². The number of carbonyl (C=O) groups excluding carboxylic acids is 2. The van der Waals surface area contributed by atoms with Crippen LogP contribution < -0.4 is 9.62 Å². The Kier molecular flexibility index (Phi) is 9.59. The monoisotopic (exact) mass is 561 g/mol. The van der Waals surface area contributed by atoms with Crippen molar-refractivity contribution < 1.29 is 18.0 Å². The van der Waals surface area contributed by atoms with Gasteiger partial charge in [0.15, 0.2) is 0 Å². The Bertz CT molecular complexity index is 1350. The smallest absolute Gasteiger partial charge is 0.264 e. The Balaban J connectivity index is 2.10. The van der Waals surface area contributed by atoms with Gasteiger partial charge in [0.05, 0.1) is 10.6 Å². The average molecular weight is 563 g/mol. The van der Waals surface area contributed by atoms with Crippen LogP contribution in [0.3, 0.4) is 0 Å². The number of rotatable bonds is 10. The van der Waals surface area contributed by atoms with E-state index in [1.54, 1.807) is 55.5 Å². The summed E-state index contributed by atoms with van der Waals surface area (Å²) < 4.78 is 28.7. The Morgan fingerprint density at radius 1 is 0.919 bits per heavy atom. The second-order valence-electron chi connectivity index (χ2n) is 8.32. The number of hydrogen-bond acceptors (Lipinski definition) is 4. The number of anilines is 1. The van der Waals surface area contributed by atoms with Gasteiger partial charge in [-0.3, -0.25) is 13.9 Å². The van der Waals surface area contributed by atoms with Gasteiger partial charge in [-0.05, 0) is 49.2 Å². The predicted octanol–water partition coefficient (Wildman–Crippen LogP) is 4.91. The lowest BCUT2D eigenvalue weighted by Crippen LogP contribution is -2.51. The number of nitrogens with one attached hydrogen (secondary N) is 1. The molecule has 37 heavy (non-hydrogen) atoms. The average Bonchev–Trinajstić information content (AvgIpc) is 2.91. The van der Waals surface area contributed by atoms with E-state index in [0.29, 0.717) is 27.7 Å². The summed E-state index contributed by atoms with van der Waals surface area (Å²) in [5, 5.41) is 3.21. The molecular formula is C27H29Cl2N3O4S. The second-order valence-corrected chi connectivity index (χ2v) is 11.0. The highest BCUT2D eigenvalue weighted by Crippen LogP contribution is 2.30. The van der Waals surface area contributed by atoms with E-state index in [0.717, 1.165) is 9.87 Å². The molecule has 0 fully saturated rings. The summed E-state index contributed by atoms with van der Waals surface area (Å²) in [6.45, 7) is 2.86. The van der Waals surface area contributed by atoms with Crippen LogP contribution in [-0.4, -0.2) is 44.8 Å². The van der Waals surface area contributed by atoms with E-state index in [4.69, 9.17) is 23.2 Å². The summed E-state index contributed by atoms with van der Waals surface area (Å²) >= 11 is 12.7. The summed E-state index contributed by atoms with van der Waals surface area (Å²) in [5.41, 5.74) is 1.61. The molecule has 0 spiro atoms. The maximum Gasteiger partial charge on any atom is 0.264 e. The molecule has 3 aromatic carbocycles. The molecule has 0 aromatic heterocycles. The fourth-order valence-electron chi connectivity index (χ4n) is 3.93. The van der Waals surface area contributed by atoms with E-state index in [1.807, 2.05) is 19.1 Å². The van der Waals surface area contributed by atoms with Crippen LogP contribution in [-0.2, 0) is 32.6 Å². The number of carbonyl (C=O) groups is 2. The molecule has 0 bridgehead atoms. The Morgan fingerprint density at radius 3 is 2.11 bits per heavy atom. The molecule has 0 heterocycles. The van der Waals surface area contributed by atoms with Crippen molar-refractivity contribution in [2.24, 2.45) is 0 Å². The zero-order chi connectivity index (χ0) is 27.2. The number of amides is 2. The van der Waals surface area contributed by atoms with Crippen molar-refractivity contribution in [2.75, 3.05) is 17.9 Å². The summed E-state index contributed by atoms with van der Waals surface area (Å²) in [6, 6.07) is 19.0. The number of sulfonamides is 1. The quantitative estimate of drug-likeness (QED) is 0.380. The molecule has 1 unspecified atom stereocenters. The molecule has 0 saturated carbocycles. The van der Waals surface area contributed by atoms with Gasteiger partial charge >= 0.3 is 0 Å². The zero-order valence-corrected chi connectivity index (χ0v) is 23.1. The lowest BCUT2D eigenvalue weighted by atomic mass is 10.1. The van der Waals surface area contributed by atoms with Crippen LogP contribution in [0.15, 0.2) is 77.7 Å². The molecule has 0 aliphatic rings. The molecule has 2 amide bonds. The maximum atomic E-state index is 13.8. The van der Waals surface area contributed by atoms with Crippen molar-refractivity contribution in [1.29, 1.82) is 0 Å². The number of nitrogens with zero attached hydrogens (tertiary/aromatic N) is 2. The molecule has 1 N–H and O–H groups in total. The third-order valence-electron chi connectivity index (χ3n) is 6.06. The summed E-state index contributed by atoms with van der Waals surface area (Å²) in [7, 11) is -2.66. The highest BCUT2D eigenvalue weighted by atomic mass is 35.5. The number of benzene rings is 3. The lowest BCUT2D eigenvalue weighted by Gasteiger charge is -2.32. The maximum absolute atomic E-state index is 13.8. The fourth-order valence-corrected chi connectivity index (χ4v) is 5.92. The van der Waals surface area contributed by atoms with E-state index < -0.39 is 34.4 Å². The molecule has 0 radical (unpaired) electrons. The lowest BCUT2D eigenvalue weighted by molar-refractivity contribution is -0.139. The Labute approximate surface area is 228 Å². The van der Waals surface area contributed by atoms with Crippen LogP contribution in [0.5, 0.6) is 0 Å². The van der Waals surface area contributed by atoms with Crippen molar-refractivity contribution in [3.05, 3.63) is 94.0 Å². The van der Waals surface area contributed by atoms with Gasteiger partial charge in [-0.25, -0.2) is 8.42 Å². The minimum atomic E-state index is -4.12. The van der Waals surface area contributed by atoms with Gasteiger partial charge in [0, 0.05) is 29.2 Å². The molecule has 0 aliphatic heterocycles. The number of hydrogen-bond donors (Lipinski definition) is 1. The summed E-state index contributed by atoms with van der Waals surface area (Å²) in [6.07, 6.45) is 0.554. The standard InChI is InChI=1S/C27H29Cl2N3O4S/c1-4-20-11-8-9-16-25(20)32(37(35,36)21-12-6-5-7-13-21)18-26(33)31(19(2)27(34)30-3)17-22-23(28)14-10-15-24(22)29/h5-16,19H,4,17-18H2,1-3H3,(H,30,34). The van der Waals surface area contributed by atoms with Crippen LogP contribution in [0, 0.1) is 0 Å². The highest BCUT2D eigenvalue weighted by Gasteiger charge is 2.33. The van der Waals surface area contributed by atoms with Gasteiger partial charge in [0.1, 0.15) is 12.6 Å². The van der Waals surface area contributed by atoms with Crippen molar-refractivity contribution in [2.45, 2.75) is 37.8 Å². The normalized spacial score (nSPS) is 12.0. The minimum Gasteiger partial charge on any atom is -0.357 e. The van der Waals surface area contributed by atoms with Gasteiger partial charge < -0.3 is 10.2 Å². The third-order valence-corrected chi connectivity index (χ3v) is 8.54. The van der Waals surface area contributed by atoms with E-state index in [-0.39, 0.29) is 11.4 Å². The van der Waals surface area contributed by atoms with Crippen LogP contribution in [0.4, 0.5) is 5.69 Å². The van der Waals surface area contributed by atoms with E-state index in [2.05, 4.69) is 5.32 Å². The number of likely N-dealkylation sites (N-methyl/N-ethyl adjacent to an activating group) is 1. The van der Waals surface area contributed by atoms with Crippen molar-refractivity contribution in [1.82, 2.24) is 10.2 Å². The molecule has 3 rings (SSSR count). The van der Waals surface area contributed by atoms with E-state index in [9.17, 15) is 18.0 Å². The topological polar surface area (TPSA) is 86.8 Å². The van der Waals surface area contributed by atoms with Gasteiger partial charge in [-0.2, -0.15) is 0 Å². The molecule has 196 valence electrons. The molecule has 10 heteroatoms. The Hall–Kier alpha value is -3.07. The number of halogens is 2. The van der Waals surface area contributed by atoms with E-state index in [1.165, 1.54) is 24.1 Å². The second kappa shape index (κ2) is 12.4. The molecule has 1 atom stereocenters. The summed E-state index contributed by atoms with van der Waals surface area (Å²) in [5.74, 6) is -1.000. The van der Waals surface area contributed by atoms with Crippen LogP contribution >= 0.6 is 23.2 Å². The van der Waals surface area contributed by atoms with Gasteiger partial charge in [0.2, 0.25) is 11.8 Å². The number of para-hydroxylation sites is 1. The van der Waals surface area contributed by atoms with Crippen LogP contribution in [0.25, 0.3) is 0 Å². The first-order valence-corrected chi connectivity index (χ1v) is 13.9. The Morgan fingerprint density at radius 2 is 1.51 bits per heavy atom. The largest absolute Gasteiger partial charge is 0.357 e. The molecule has 0 aliphatic carbocycles. The first-order valence-electron chi connectivity index (χ1n) is 11.7. The van der Waals surface area contributed by atoms with Crippen LogP contribution in [0.1, 0.15) is 25.0 Å². The van der Waals surface area contributed by atoms with Gasteiger partial charge in [0.25, 0.3) is 10.0 Å². The van der Waals surface area contributed by atoms with Crippen molar-refractivity contribution in [3.63, 3.8) is 0 Å². The minimum absolute atomic E-state index is 0.0498. The highest BCUT2D eigenvalue weighted by molar-refractivity contribution is 7.92.